The van der Waals surface area contributed by atoms with Gasteiger partial charge in [0.05, 0.1) is 10.7 Å². The summed E-state index contributed by atoms with van der Waals surface area (Å²) in [7, 11) is 0. The quantitative estimate of drug-likeness (QED) is 0.819. The maximum Gasteiger partial charge on any atom is 0.0959 e. The largest absolute Gasteiger partial charge is 0.311 e. The number of nitrogens with one attached hydrogen (secondary N) is 1. The lowest BCUT2D eigenvalue weighted by Gasteiger charge is -2.12. The highest BCUT2D eigenvalue weighted by Gasteiger charge is 2.39. The van der Waals surface area contributed by atoms with E-state index in [9.17, 15) is 0 Å². The van der Waals surface area contributed by atoms with Gasteiger partial charge < -0.3 is 5.32 Å². The van der Waals surface area contributed by atoms with E-state index in [1.165, 1.54) is 49.4 Å². The van der Waals surface area contributed by atoms with Gasteiger partial charge in [-0.3, -0.25) is 0 Å². The van der Waals surface area contributed by atoms with Gasteiger partial charge in [0.25, 0.3) is 0 Å². The standard InChI is InChI=1S/C13H20N2S/c1-2-13(5-6-13)9-14-7-11-8-16-12(15-11)10-3-4-10/h8,10,14H,2-7,9H2,1H3. The summed E-state index contributed by atoms with van der Waals surface area (Å²) in [5.41, 5.74) is 1.90. The molecule has 0 aromatic carbocycles. The Morgan fingerprint density at radius 3 is 2.94 bits per heavy atom. The van der Waals surface area contributed by atoms with Gasteiger partial charge in [0, 0.05) is 24.4 Å². The molecular formula is C13H20N2S. The van der Waals surface area contributed by atoms with Gasteiger partial charge in [-0.25, -0.2) is 4.98 Å². The Balaban J connectivity index is 1.46. The average molecular weight is 236 g/mol. The number of hydrogen-bond acceptors (Lipinski definition) is 3. The summed E-state index contributed by atoms with van der Waals surface area (Å²) in [6.45, 7) is 4.45. The maximum absolute atomic E-state index is 4.69. The first kappa shape index (κ1) is 10.7. The highest BCUT2D eigenvalue weighted by molar-refractivity contribution is 7.09. The molecule has 3 heteroatoms. The van der Waals surface area contributed by atoms with Crippen LogP contribution >= 0.6 is 11.3 Å². The van der Waals surface area contributed by atoms with E-state index in [1.54, 1.807) is 0 Å². The third-order valence-corrected chi connectivity index (χ3v) is 5.07. The SMILES string of the molecule is CCC1(CNCc2csc(C3CC3)n2)CC1. The fourth-order valence-corrected chi connectivity index (χ4v) is 3.20. The first-order valence-corrected chi connectivity index (χ1v) is 7.34. The lowest BCUT2D eigenvalue weighted by atomic mass is 10.0. The smallest absolute Gasteiger partial charge is 0.0959 e. The van der Waals surface area contributed by atoms with Crippen molar-refractivity contribution in [2.45, 2.75) is 51.5 Å². The van der Waals surface area contributed by atoms with E-state index in [0.29, 0.717) is 5.41 Å². The van der Waals surface area contributed by atoms with Crippen LogP contribution < -0.4 is 5.32 Å². The topological polar surface area (TPSA) is 24.9 Å². The molecule has 0 bridgehead atoms. The summed E-state index contributed by atoms with van der Waals surface area (Å²) in [6, 6.07) is 0. The van der Waals surface area contributed by atoms with Crippen LogP contribution in [0.3, 0.4) is 0 Å². The lowest BCUT2D eigenvalue weighted by molar-refractivity contribution is 0.442. The first-order chi connectivity index (χ1) is 7.81. The number of thiazole rings is 1. The Labute approximate surface area is 101 Å². The summed E-state index contributed by atoms with van der Waals surface area (Å²) < 4.78 is 0. The van der Waals surface area contributed by atoms with Crippen LogP contribution in [0.4, 0.5) is 0 Å². The second-order valence-corrected chi connectivity index (χ2v) is 6.30. The molecule has 1 heterocycles. The molecule has 0 radical (unpaired) electrons. The molecule has 2 saturated carbocycles. The van der Waals surface area contributed by atoms with Crippen molar-refractivity contribution >= 4 is 11.3 Å². The van der Waals surface area contributed by atoms with E-state index in [0.717, 1.165) is 12.5 Å². The number of hydrogen-bond donors (Lipinski definition) is 1. The molecule has 2 aliphatic carbocycles. The van der Waals surface area contributed by atoms with E-state index >= 15 is 0 Å². The fourth-order valence-electron chi connectivity index (χ4n) is 2.21. The van der Waals surface area contributed by atoms with Gasteiger partial charge in [-0.15, -0.1) is 11.3 Å². The Hall–Kier alpha value is -0.410. The third-order valence-electron chi connectivity index (χ3n) is 4.01. The highest BCUT2D eigenvalue weighted by atomic mass is 32.1. The van der Waals surface area contributed by atoms with Gasteiger partial charge in [0.2, 0.25) is 0 Å². The van der Waals surface area contributed by atoms with E-state index < -0.39 is 0 Å². The van der Waals surface area contributed by atoms with Crippen molar-refractivity contribution < 1.29 is 0 Å². The van der Waals surface area contributed by atoms with Crippen LogP contribution in [0.15, 0.2) is 5.38 Å². The monoisotopic (exact) mass is 236 g/mol. The molecule has 1 aromatic rings. The predicted molar refractivity (Wildman–Crippen MR) is 67.8 cm³/mol. The van der Waals surface area contributed by atoms with E-state index in [1.807, 2.05) is 11.3 Å². The zero-order valence-corrected chi connectivity index (χ0v) is 10.8. The minimum atomic E-state index is 0.648. The number of rotatable bonds is 6. The van der Waals surface area contributed by atoms with Crippen molar-refractivity contribution in [3.8, 4) is 0 Å². The van der Waals surface area contributed by atoms with Crippen LogP contribution in [0.25, 0.3) is 0 Å². The van der Waals surface area contributed by atoms with Gasteiger partial charge in [-0.2, -0.15) is 0 Å². The minimum Gasteiger partial charge on any atom is -0.311 e. The van der Waals surface area contributed by atoms with Crippen molar-refractivity contribution in [1.82, 2.24) is 10.3 Å². The number of nitrogens with zero attached hydrogens (tertiary/aromatic N) is 1. The van der Waals surface area contributed by atoms with Gasteiger partial charge in [0.1, 0.15) is 0 Å². The molecule has 0 spiro atoms. The molecule has 88 valence electrons. The zero-order valence-electron chi connectivity index (χ0n) is 9.96. The van der Waals surface area contributed by atoms with Crippen LogP contribution in [-0.2, 0) is 6.54 Å². The van der Waals surface area contributed by atoms with Crippen LogP contribution in [0.2, 0.25) is 0 Å². The van der Waals surface area contributed by atoms with Crippen molar-refractivity contribution in [1.29, 1.82) is 0 Å². The number of aromatic nitrogens is 1. The van der Waals surface area contributed by atoms with Crippen LogP contribution in [-0.4, -0.2) is 11.5 Å². The molecule has 3 rings (SSSR count). The van der Waals surface area contributed by atoms with E-state index in [4.69, 9.17) is 4.98 Å². The molecule has 2 aliphatic rings. The molecule has 2 fully saturated rings. The van der Waals surface area contributed by atoms with E-state index in [2.05, 4.69) is 17.6 Å². The molecular weight excluding hydrogens is 216 g/mol. The van der Waals surface area contributed by atoms with Crippen molar-refractivity contribution in [3.63, 3.8) is 0 Å². The summed E-state index contributed by atoms with van der Waals surface area (Å²) in [5, 5.41) is 7.17. The van der Waals surface area contributed by atoms with Gasteiger partial charge in [-0.05, 0) is 37.5 Å². The Morgan fingerprint density at radius 1 is 1.50 bits per heavy atom. The van der Waals surface area contributed by atoms with Gasteiger partial charge in [0.15, 0.2) is 0 Å². The van der Waals surface area contributed by atoms with Crippen molar-refractivity contribution in [2.24, 2.45) is 5.41 Å². The predicted octanol–water partition coefficient (Wildman–Crippen LogP) is 3.30. The summed E-state index contributed by atoms with van der Waals surface area (Å²) in [5.74, 6) is 0.809. The molecule has 0 unspecified atom stereocenters. The highest BCUT2D eigenvalue weighted by Crippen LogP contribution is 2.47. The molecule has 2 nitrogen and oxygen atoms in total. The van der Waals surface area contributed by atoms with Gasteiger partial charge >= 0.3 is 0 Å². The van der Waals surface area contributed by atoms with Gasteiger partial charge in [-0.1, -0.05) is 6.92 Å². The molecule has 0 aliphatic heterocycles. The molecule has 0 saturated heterocycles. The average Bonchev–Trinajstić information content (AvgIpc) is 3.21. The Bertz CT molecular complexity index is 364. The minimum absolute atomic E-state index is 0.648. The Kier molecular flexibility index (Phi) is 2.76. The first-order valence-electron chi connectivity index (χ1n) is 6.46. The second kappa shape index (κ2) is 4.11. The van der Waals surface area contributed by atoms with Crippen LogP contribution in [0.5, 0.6) is 0 Å². The summed E-state index contributed by atoms with van der Waals surface area (Å²) in [6.07, 6.45) is 6.88. The van der Waals surface area contributed by atoms with Crippen LogP contribution in [0.1, 0.15) is 55.6 Å². The van der Waals surface area contributed by atoms with E-state index in [-0.39, 0.29) is 0 Å². The molecule has 16 heavy (non-hydrogen) atoms. The van der Waals surface area contributed by atoms with Crippen molar-refractivity contribution in [3.05, 3.63) is 16.1 Å². The second-order valence-electron chi connectivity index (χ2n) is 5.41. The molecule has 1 aromatic heterocycles. The zero-order chi connectivity index (χ0) is 11.0. The van der Waals surface area contributed by atoms with Crippen LogP contribution in [0, 0.1) is 5.41 Å². The normalized spacial score (nSPS) is 22.3. The summed E-state index contributed by atoms with van der Waals surface area (Å²) in [4.78, 5) is 4.69. The molecule has 0 amide bonds. The summed E-state index contributed by atoms with van der Waals surface area (Å²) >= 11 is 1.85. The third kappa shape index (κ3) is 2.30. The lowest BCUT2D eigenvalue weighted by Crippen LogP contribution is -2.23. The fraction of sp³-hybridized carbons (Fsp3) is 0.769. The molecule has 0 atom stereocenters. The Morgan fingerprint density at radius 2 is 2.31 bits per heavy atom. The van der Waals surface area contributed by atoms with Crippen molar-refractivity contribution in [2.75, 3.05) is 6.54 Å². The maximum atomic E-state index is 4.69. The molecule has 1 N–H and O–H groups in total.